The van der Waals surface area contributed by atoms with Gasteiger partial charge in [-0.1, -0.05) is 35.0 Å². The molecular formula is C12H14Br. The minimum absolute atomic E-state index is 0.187. The average molecular weight is 238 g/mol. The van der Waals surface area contributed by atoms with Gasteiger partial charge in [0.2, 0.25) is 0 Å². The van der Waals surface area contributed by atoms with E-state index in [0.29, 0.717) is 0 Å². The van der Waals surface area contributed by atoms with Crippen molar-refractivity contribution in [1.82, 2.24) is 0 Å². The van der Waals surface area contributed by atoms with Crippen LogP contribution in [-0.2, 0) is 6.42 Å². The molecular weight excluding hydrogens is 224 g/mol. The second-order valence-corrected chi connectivity index (χ2v) is 3.95. The zero-order chi connectivity index (χ0) is 9.84. The van der Waals surface area contributed by atoms with E-state index < -0.39 is 0 Å². The number of aryl methyl sites for hydroxylation is 1. The fourth-order valence-electron chi connectivity index (χ4n) is 1.36. The van der Waals surface area contributed by atoms with Crippen LogP contribution in [0.5, 0.6) is 0 Å². The Hall–Kier alpha value is -0.560. The Labute approximate surface area is 88.8 Å². The molecule has 1 rings (SSSR count). The molecule has 1 heteroatoms. The first-order valence-electron chi connectivity index (χ1n) is 4.43. The highest BCUT2D eigenvalue weighted by Crippen LogP contribution is 2.24. The third-order valence-electron chi connectivity index (χ3n) is 2.17. The summed E-state index contributed by atoms with van der Waals surface area (Å²) in [5.41, 5.74) is 2.62. The second kappa shape index (κ2) is 4.61. The lowest BCUT2D eigenvalue weighted by atomic mass is 9.95. The number of allylic oxidation sites excluding steroid dienone is 1. The zero-order valence-electron chi connectivity index (χ0n) is 7.89. The maximum Gasteiger partial charge on any atom is 0.0178 e. The van der Waals surface area contributed by atoms with Gasteiger partial charge in [0.15, 0.2) is 0 Å². The van der Waals surface area contributed by atoms with Crippen LogP contribution in [-0.4, -0.2) is 0 Å². The van der Waals surface area contributed by atoms with Gasteiger partial charge in [-0.25, -0.2) is 0 Å². The maximum atomic E-state index is 4.04. The minimum atomic E-state index is 0.187. The smallest absolute Gasteiger partial charge is 0.0178 e. The molecule has 0 saturated carbocycles. The quantitative estimate of drug-likeness (QED) is 0.695. The molecule has 0 amide bonds. The van der Waals surface area contributed by atoms with Crippen LogP contribution in [0.3, 0.4) is 0 Å². The molecule has 0 aliphatic heterocycles. The minimum Gasteiger partial charge on any atom is -0.102 e. The molecule has 0 spiro atoms. The Kier molecular flexibility index (Phi) is 3.73. The van der Waals surface area contributed by atoms with Crippen molar-refractivity contribution in [3.8, 4) is 0 Å². The molecule has 13 heavy (non-hydrogen) atoms. The maximum absolute atomic E-state index is 4.04. The van der Waals surface area contributed by atoms with Gasteiger partial charge in [-0.2, -0.15) is 0 Å². The van der Waals surface area contributed by atoms with E-state index in [4.69, 9.17) is 0 Å². The Bertz CT molecular complexity index is 302. The summed E-state index contributed by atoms with van der Waals surface area (Å²) in [7, 11) is 0. The van der Waals surface area contributed by atoms with Gasteiger partial charge in [-0.05, 0) is 36.6 Å². The lowest BCUT2D eigenvalue weighted by Gasteiger charge is -2.12. The summed E-state index contributed by atoms with van der Waals surface area (Å²) >= 11 is 3.46. The van der Waals surface area contributed by atoms with Crippen molar-refractivity contribution >= 4 is 15.9 Å². The summed E-state index contributed by atoms with van der Waals surface area (Å²) in [6.07, 6.45) is 2.92. The first-order chi connectivity index (χ1) is 6.19. The van der Waals surface area contributed by atoms with Crippen molar-refractivity contribution in [2.45, 2.75) is 19.3 Å². The van der Waals surface area contributed by atoms with Gasteiger partial charge < -0.3 is 0 Å². The number of hydrogen-bond donors (Lipinski definition) is 0. The SMILES string of the molecule is [CH2]C(C=C)c1cc(Br)ccc1CC. The molecule has 0 N–H and O–H groups in total. The van der Waals surface area contributed by atoms with Gasteiger partial charge in [-0.3, -0.25) is 0 Å². The molecule has 0 aliphatic carbocycles. The molecule has 1 radical (unpaired) electrons. The third-order valence-corrected chi connectivity index (χ3v) is 2.67. The van der Waals surface area contributed by atoms with E-state index in [1.54, 1.807) is 0 Å². The normalized spacial score (nSPS) is 12.5. The van der Waals surface area contributed by atoms with Crippen LogP contribution >= 0.6 is 15.9 Å². The molecule has 69 valence electrons. The van der Waals surface area contributed by atoms with Crippen molar-refractivity contribution in [3.05, 3.63) is 53.4 Å². The van der Waals surface area contributed by atoms with E-state index >= 15 is 0 Å². The molecule has 1 unspecified atom stereocenters. The van der Waals surface area contributed by atoms with E-state index in [2.05, 4.69) is 54.6 Å². The molecule has 0 bridgehead atoms. The van der Waals surface area contributed by atoms with Gasteiger partial charge in [0, 0.05) is 10.4 Å². The van der Waals surface area contributed by atoms with Crippen molar-refractivity contribution in [2.24, 2.45) is 0 Å². The molecule has 0 nitrogen and oxygen atoms in total. The van der Waals surface area contributed by atoms with Crippen LogP contribution in [0.25, 0.3) is 0 Å². The molecule has 1 aromatic carbocycles. The Morgan fingerprint density at radius 1 is 1.54 bits per heavy atom. The second-order valence-electron chi connectivity index (χ2n) is 3.04. The van der Waals surface area contributed by atoms with Crippen LogP contribution in [0.15, 0.2) is 35.3 Å². The van der Waals surface area contributed by atoms with Crippen molar-refractivity contribution in [1.29, 1.82) is 0 Å². The van der Waals surface area contributed by atoms with E-state index in [0.717, 1.165) is 10.9 Å². The molecule has 0 aliphatic rings. The third kappa shape index (κ3) is 2.44. The Morgan fingerprint density at radius 2 is 2.23 bits per heavy atom. The van der Waals surface area contributed by atoms with E-state index in [1.165, 1.54) is 11.1 Å². The van der Waals surface area contributed by atoms with Gasteiger partial charge in [0.1, 0.15) is 0 Å². The van der Waals surface area contributed by atoms with Gasteiger partial charge in [0.25, 0.3) is 0 Å². The van der Waals surface area contributed by atoms with E-state index in [9.17, 15) is 0 Å². The molecule has 0 aromatic heterocycles. The van der Waals surface area contributed by atoms with Crippen molar-refractivity contribution < 1.29 is 0 Å². The van der Waals surface area contributed by atoms with Crippen molar-refractivity contribution in [2.75, 3.05) is 0 Å². The number of rotatable bonds is 3. The van der Waals surface area contributed by atoms with E-state index in [1.807, 2.05) is 6.08 Å². The van der Waals surface area contributed by atoms with E-state index in [-0.39, 0.29) is 5.92 Å². The highest BCUT2D eigenvalue weighted by Gasteiger charge is 2.06. The predicted molar refractivity (Wildman–Crippen MR) is 61.8 cm³/mol. The highest BCUT2D eigenvalue weighted by atomic mass is 79.9. The molecule has 0 fully saturated rings. The Balaban J connectivity index is 3.14. The van der Waals surface area contributed by atoms with Crippen LogP contribution in [0.4, 0.5) is 0 Å². The summed E-state index contributed by atoms with van der Waals surface area (Å²) in [5, 5.41) is 0. The monoisotopic (exact) mass is 237 g/mol. The first kappa shape index (κ1) is 10.5. The topological polar surface area (TPSA) is 0 Å². The largest absolute Gasteiger partial charge is 0.102 e. The molecule has 1 aromatic rings. The number of halogens is 1. The van der Waals surface area contributed by atoms with Crippen LogP contribution in [0.1, 0.15) is 24.0 Å². The standard InChI is InChI=1S/C12H14Br/c1-4-9(3)12-8-11(13)7-6-10(12)5-2/h4,6-9H,1,3,5H2,2H3. The molecule has 0 heterocycles. The number of benzene rings is 1. The summed E-state index contributed by atoms with van der Waals surface area (Å²) in [6.45, 7) is 9.96. The summed E-state index contributed by atoms with van der Waals surface area (Å²) in [5.74, 6) is 0.187. The van der Waals surface area contributed by atoms with Gasteiger partial charge >= 0.3 is 0 Å². The summed E-state index contributed by atoms with van der Waals surface area (Å²) in [4.78, 5) is 0. The average Bonchev–Trinajstić information content (AvgIpc) is 2.16. The fraction of sp³-hybridized carbons (Fsp3) is 0.250. The number of hydrogen-bond acceptors (Lipinski definition) is 0. The Morgan fingerprint density at radius 3 is 2.77 bits per heavy atom. The lowest BCUT2D eigenvalue weighted by Crippen LogP contribution is -1.95. The van der Waals surface area contributed by atoms with Crippen LogP contribution in [0, 0.1) is 6.92 Å². The summed E-state index contributed by atoms with van der Waals surface area (Å²) < 4.78 is 1.11. The molecule has 1 atom stereocenters. The highest BCUT2D eigenvalue weighted by molar-refractivity contribution is 9.10. The van der Waals surface area contributed by atoms with Crippen molar-refractivity contribution in [3.63, 3.8) is 0 Å². The van der Waals surface area contributed by atoms with Crippen LogP contribution < -0.4 is 0 Å². The van der Waals surface area contributed by atoms with Gasteiger partial charge in [0.05, 0.1) is 0 Å². The first-order valence-corrected chi connectivity index (χ1v) is 5.22. The predicted octanol–water partition coefficient (Wildman–Crippen LogP) is 4.12. The zero-order valence-corrected chi connectivity index (χ0v) is 9.47. The van der Waals surface area contributed by atoms with Crippen LogP contribution in [0.2, 0.25) is 0 Å². The van der Waals surface area contributed by atoms with Gasteiger partial charge in [-0.15, -0.1) is 6.58 Å². The lowest BCUT2D eigenvalue weighted by molar-refractivity contribution is 1.00. The fourth-order valence-corrected chi connectivity index (χ4v) is 1.74. The summed E-state index contributed by atoms with van der Waals surface area (Å²) in [6, 6.07) is 6.33. The molecule has 0 saturated heterocycles.